The quantitative estimate of drug-likeness (QED) is 0.829. The van der Waals surface area contributed by atoms with Crippen LogP contribution in [0.2, 0.25) is 0 Å². The highest BCUT2D eigenvalue weighted by atomic mass is 16.5. The summed E-state index contributed by atoms with van der Waals surface area (Å²) in [4.78, 5) is 0. The number of hydrogen-bond donors (Lipinski definition) is 1. The normalized spacial score (nSPS) is 23.7. The maximum Gasteiger partial charge on any atom is 0.118 e. The smallest absolute Gasteiger partial charge is 0.118 e. The van der Waals surface area contributed by atoms with E-state index in [0.29, 0.717) is 12.3 Å². The van der Waals surface area contributed by atoms with E-state index in [1.807, 2.05) is 12.1 Å². The first kappa shape index (κ1) is 14.1. The number of hydrogen-bond acceptors (Lipinski definition) is 3. The largest absolute Gasteiger partial charge is 0.497 e. The molecule has 0 spiro atoms. The first-order valence-electron chi connectivity index (χ1n) is 6.88. The lowest BCUT2D eigenvalue weighted by atomic mass is 9.89. The molecule has 0 amide bonds. The Balaban J connectivity index is 2.09. The first-order chi connectivity index (χ1) is 9.35. The number of ether oxygens (including phenoxy) is 2. The topological polar surface area (TPSA) is 38.7 Å². The fraction of sp³-hybridized carbons (Fsp3) is 0.500. The summed E-state index contributed by atoms with van der Waals surface area (Å²) in [5.41, 5.74) is 1.19. The SMILES string of the molecule is COc1ccc([C@H]2OCCC[C@@H]2/C=C/CCO)cc1. The maximum absolute atomic E-state index is 8.84. The van der Waals surface area contributed by atoms with Gasteiger partial charge < -0.3 is 14.6 Å². The molecule has 2 atom stereocenters. The highest BCUT2D eigenvalue weighted by Gasteiger charge is 2.25. The van der Waals surface area contributed by atoms with E-state index in [-0.39, 0.29) is 12.7 Å². The van der Waals surface area contributed by atoms with Crippen LogP contribution in [0.15, 0.2) is 36.4 Å². The summed E-state index contributed by atoms with van der Waals surface area (Å²) in [5, 5.41) is 8.84. The summed E-state index contributed by atoms with van der Waals surface area (Å²) in [7, 11) is 1.67. The molecule has 0 radical (unpaired) electrons. The number of benzene rings is 1. The third-order valence-electron chi connectivity index (χ3n) is 3.49. The zero-order valence-corrected chi connectivity index (χ0v) is 11.4. The summed E-state index contributed by atoms with van der Waals surface area (Å²) >= 11 is 0. The number of aliphatic hydroxyl groups excluding tert-OH is 1. The van der Waals surface area contributed by atoms with E-state index in [1.165, 1.54) is 5.56 Å². The van der Waals surface area contributed by atoms with Crippen LogP contribution < -0.4 is 4.74 Å². The molecule has 19 heavy (non-hydrogen) atoms. The third kappa shape index (κ3) is 3.82. The van der Waals surface area contributed by atoms with Gasteiger partial charge in [-0.05, 0) is 37.0 Å². The molecule has 1 N–H and O–H groups in total. The van der Waals surface area contributed by atoms with Crippen molar-refractivity contribution in [2.45, 2.75) is 25.4 Å². The van der Waals surface area contributed by atoms with Crippen molar-refractivity contribution in [2.24, 2.45) is 5.92 Å². The molecule has 0 aromatic heterocycles. The molecule has 0 aliphatic carbocycles. The van der Waals surface area contributed by atoms with Crippen LogP contribution in [0.4, 0.5) is 0 Å². The molecule has 3 nitrogen and oxygen atoms in total. The average molecular weight is 262 g/mol. The van der Waals surface area contributed by atoms with Gasteiger partial charge in [-0.2, -0.15) is 0 Å². The van der Waals surface area contributed by atoms with Gasteiger partial charge in [-0.15, -0.1) is 0 Å². The number of methoxy groups -OCH3 is 1. The van der Waals surface area contributed by atoms with Gasteiger partial charge in [0.15, 0.2) is 0 Å². The van der Waals surface area contributed by atoms with Crippen LogP contribution in [-0.4, -0.2) is 25.4 Å². The van der Waals surface area contributed by atoms with Crippen molar-refractivity contribution in [2.75, 3.05) is 20.3 Å². The molecule has 1 heterocycles. The predicted molar refractivity (Wildman–Crippen MR) is 75.3 cm³/mol. The molecule has 3 heteroatoms. The summed E-state index contributed by atoms with van der Waals surface area (Å²) in [6, 6.07) is 8.09. The number of rotatable bonds is 5. The van der Waals surface area contributed by atoms with Crippen LogP contribution >= 0.6 is 0 Å². The predicted octanol–water partition coefficient (Wildman–Crippen LogP) is 3.10. The van der Waals surface area contributed by atoms with Crippen LogP contribution in [0, 0.1) is 5.92 Å². The van der Waals surface area contributed by atoms with Gasteiger partial charge in [-0.3, -0.25) is 0 Å². The Bertz CT molecular complexity index is 397. The Labute approximate surface area is 114 Å². The highest BCUT2D eigenvalue weighted by molar-refractivity contribution is 5.29. The van der Waals surface area contributed by atoms with E-state index in [1.54, 1.807) is 7.11 Å². The van der Waals surface area contributed by atoms with Gasteiger partial charge in [-0.1, -0.05) is 24.3 Å². The molecule has 1 saturated heterocycles. The van der Waals surface area contributed by atoms with Gasteiger partial charge in [0.1, 0.15) is 5.75 Å². The first-order valence-corrected chi connectivity index (χ1v) is 6.88. The van der Waals surface area contributed by atoms with Crippen molar-refractivity contribution >= 4 is 0 Å². The molecule has 0 saturated carbocycles. The molecule has 0 bridgehead atoms. The van der Waals surface area contributed by atoms with Crippen LogP contribution in [0.3, 0.4) is 0 Å². The van der Waals surface area contributed by atoms with Crippen molar-refractivity contribution < 1.29 is 14.6 Å². The summed E-state index contributed by atoms with van der Waals surface area (Å²) in [5.74, 6) is 1.26. The third-order valence-corrected chi connectivity index (χ3v) is 3.49. The van der Waals surface area contributed by atoms with Gasteiger partial charge in [0.2, 0.25) is 0 Å². The molecular formula is C16H22O3. The zero-order valence-electron chi connectivity index (χ0n) is 11.4. The molecule has 1 fully saturated rings. The molecular weight excluding hydrogens is 240 g/mol. The van der Waals surface area contributed by atoms with Crippen LogP contribution in [0.5, 0.6) is 5.75 Å². The molecule has 0 unspecified atom stereocenters. The molecule has 2 rings (SSSR count). The minimum absolute atomic E-state index is 0.120. The Hall–Kier alpha value is -1.32. The second kappa shape index (κ2) is 7.31. The molecule has 1 aliphatic rings. The van der Waals surface area contributed by atoms with Crippen molar-refractivity contribution in [3.8, 4) is 5.75 Å². The minimum Gasteiger partial charge on any atom is -0.497 e. The van der Waals surface area contributed by atoms with Gasteiger partial charge in [-0.25, -0.2) is 0 Å². The molecule has 1 aromatic rings. The average Bonchev–Trinajstić information content (AvgIpc) is 2.48. The van der Waals surface area contributed by atoms with E-state index >= 15 is 0 Å². The summed E-state index contributed by atoms with van der Waals surface area (Å²) in [6.45, 7) is 1.03. The Kier molecular flexibility index (Phi) is 5.43. The Morgan fingerprint density at radius 1 is 1.37 bits per heavy atom. The lowest BCUT2D eigenvalue weighted by Gasteiger charge is -2.30. The fourth-order valence-electron chi connectivity index (χ4n) is 2.48. The summed E-state index contributed by atoms with van der Waals surface area (Å²) in [6.07, 6.45) is 7.31. The second-order valence-corrected chi connectivity index (χ2v) is 4.81. The molecule has 1 aliphatic heterocycles. The Morgan fingerprint density at radius 2 is 2.16 bits per heavy atom. The minimum atomic E-state index is 0.120. The van der Waals surface area contributed by atoms with Crippen LogP contribution in [0.1, 0.15) is 30.9 Å². The second-order valence-electron chi connectivity index (χ2n) is 4.81. The van der Waals surface area contributed by atoms with E-state index in [2.05, 4.69) is 24.3 Å². The Morgan fingerprint density at radius 3 is 2.84 bits per heavy atom. The van der Waals surface area contributed by atoms with Crippen molar-refractivity contribution in [1.82, 2.24) is 0 Å². The van der Waals surface area contributed by atoms with Gasteiger partial charge >= 0.3 is 0 Å². The summed E-state index contributed by atoms with van der Waals surface area (Å²) < 4.78 is 11.1. The fourth-order valence-corrected chi connectivity index (χ4v) is 2.48. The van der Waals surface area contributed by atoms with Crippen molar-refractivity contribution in [3.05, 3.63) is 42.0 Å². The van der Waals surface area contributed by atoms with Gasteiger partial charge in [0.05, 0.1) is 13.2 Å². The lowest BCUT2D eigenvalue weighted by molar-refractivity contribution is -0.0126. The van der Waals surface area contributed by atoms with Crippen LogP contribution in [0.25, 0.3) is 0 Å². The monoisotopic (exact) mass is 262 g/mol. The molecule has 1 aromatic carbocycles. The number of aliphatic hydroxyl groups is 1. The van der Waals surface area contributed by atoms with Gasteiger partial charge in [0, 0.05) is 19.1 Å². The van der Waals surface area contributed by atoms with Crippen molar-refractivity contribution in [1.29, 1.82) is 0 Å². The van der Waals surface area contributed by atoms with E-state index in [0.717, 1.165) is 25.2 Å². The van der Waals surface area contributed by atoms with E-state index in [9.17, 15) is 0 Å². The van der Waals surface area contributed by atoms with Crippen LogP contribution in [-0.2, 0) is 4.74 Å². The molecule has 104 valence electrons. The van der Waals surface area contributed by atoms with Gasteiger partial charge in [0.25, 0.3) is 0 Å². The lowest BCUT2D eigenvalue weighted by Crippen LogP contribution is -2.21. The zero-order chi connectivity index (χ0) is 13.5. The van der Waals surface area contributed by atoms with E-state index in [4.69, 9.17) is 14.6 Å². The standard InChI is InChI=1S/C16H22O3/c1-18-15-9-7-14(8-10-15)16-13(5-2-3-11-17)6-4-12-19-16/h2,5,7-10,13,16-17H,3-4,6,11-12H2,1H3/b5-2+/t13-,16-/m0/s1. The van der Waals surface area contributed by atoms with Crippen molar-refractivity contribution in [3.63, 3.8) is 0 Å². The maximum atomic E-state index is 8.84. The highest BCUT2D eigenvalue weighted by Crippen LogP contribution is 2.35. The van der Waals surface area contributed by atoms with E-state index < -0.39 is 0 Å².